The van der Waals surface area contributed by atoms with Gasteiger partial charge in [-0.25, -0.2) is 8.42 Å². The molecule has 0 saturated carbocycles. The van der Waals surface area contributed by atoms with E-state index in [1.54, 1.807) is 20.8 Å². The van der Waals surface area contributed by atoms with Gasteiger partial charge >= 0.3 is 0 Å². The molecule has 0 aliphatic rings. The Morgan fingerprint density at radius 2 is 1.76 bits per heavy atom. The van der Waals surface area contributed by atoms with E-state index in [-0.39, 0.29) is 17.6 Å². The first-order valence-corrected chi connectivity index (χ1v) is 8.40. The number of aryl methyl sites for hydroxylation is 2. The molecule has 2 aromatic heterocycles. The summed E-state index contributed by atoms with van der Waals surface area (Å²) in [6.45, 7) is 8.79. The van der Waals surface area contributed by atoms with E-state index in [1.807, 2.05) is 13.8 Å². The second-order valence-corrected chi connectivity index (χ2v) is 7.72. The van der Waals surface area contributed by atoms with Gasteiger partial charge in [-0.15, -0.1) is 0 Å². The summed E-state index contributed by atoms with van der Waals surface area (Å²) >= 11 is 0. The van der Waals surface area contributed by atoms with Gasteiger partial charge in [-0.2, -0.15) is 4.98 Å². The zero-order valence-corrected chi connectivity index (χ0v) is 13.6. The summed E-state index contributed by atoms with van der Waals surface area (Å²) in [5.41, 5.74) is 1.17. The molecule has 0 aliphatic heterocycles. The fraction of sp³-hybridized carbons (Fsp3) is 0.615. The van der Waals surface area contributed by atoms with E-state index < -0.39 is 15.1 Å². The zero-order valence-electron chi connectivity index (χ0n) is 12.7. The summed E-state index contributed by atoms with van der Waals surface area (Å²) < 4.78 is 35.0. The minimum atomic E-state index is -3.49. The average Bonchev–Trinajstić information content (AvgIpc) is 3.00. The molecule has 0 N–H and O–H groups in total. The monoisotopic (exact) mass is 313 g/mol. The second-order valence-electron chi connectivity index (χ2n) is 5.40. The first-order valence-electron chi connectivity index (χ1n) is 6.69. The van der Waals surface area contributed by atoms with Crippen molar-refractivity contribution >= 4 is 9.84 Å². The quantitative estimate of drug-likeness (QED) is 0.836. The third kappa shape index (κ3) is 3.15. The Bertz CT molecular complexity index is 711. The number of sulfone groups is 1. The third-order valence-corrected chi connectivity index (χ3v) is 5.36. The summed E-state index contributed by atoms with van der Waals surface area (Å²) in [5, 5.41) is 6.70. The van der Waals surface area contributed by atoms with E-state index >= 15 is 0 Å². The molecule has 8 heteroatoms. The van der Waals surface area contributed by atoms with Crippen molar-refractivity contribution < 1.29 is 17.5 Å². The molecule has 0 saturated heterocycles. The summed E-state index contributed by atoms with van der Waals surface area (Å²) in [6.07, 6.45) is 0. The van der Waals surface area contributed by atoms with Crippen LogP contribution in [0, 0.1) is 13.8 Å². The fourth-order valence-electron chi connectivity index (χ4n) is 1.83. The van der Waals surface area contributed by atoms with Crippen molar-refractivity contribution in [2.45, 2.75) is 51.5 Å². The maximum Gasteiger partial charge on any atom is 0.244 e. The first-order chi connectivity index (χ1) is 9.72. The molecule has 0 spiro atoms. The number of aromatic nitrogens is 3. The predicted octanol–water partition coefficient (Wildman–Crippen LogP) is 2.47. The van der Waals surface area contributed by atoms with Crippen LogP contribution in [0.4, 0.5) is 0 Å². The standard InChI is InChI=1S/C13H19N3O4S/c1-7(2)12-14-13(20-16-12)10(5)21(17,18)6-11-8(3)15-19-9(11)4/h7,10H,6H2,1-5H3. The average molecular weight is 313 g/mol. The highest BCUT2D eigenvalue weighted by molar-refractivity contribution is 7.90. The van der Waals surface area contributed by atoms with Crippen LogP contribution < -0.4 is 0 Å². The molecule has 0 aliphatic carbocycles. The van der Waals surface area contributed by atoms with Crippen LogP contribution in [0.1, 0.15) is 60.7 Å². The van der Waals surface area contributed by atoms with Crippen molar-refractivity contribution in [3.8, 4) is 0 Å². The lowest BCUT2D eigenvalue weighted by Crippen LogP contribution is -2.14. The molecule has 2 aromatic rings. The van der Waals surface area contributed by atoms with Crippen molar-refractivity contribution in [3.05, 3.63) is 28.7 Å². The van der Waals surface area contributed by atoms with Crippen molar-refractivity contribution in [2.75, 3.05) is 0 Å². The lowest BCUT2D eigenvalue weighted by atomic mass is 10.2. The van der Waals surface area contributed by atoms with Gasteiger partial charge in [0, 0.05) is 11.5 Å². The molecule has 2 rings (SSSR count). The van der Waals surface area contributed by atoms with Crippen LogP contribution in [0.3, 0.4) is 0 Å². The SMILES string of the molecule is Cc1noc(C)c1CS(=O)(=O)C(C)c1nc(C(C)C)no1. The minimum absolute atomic E-state index is 0.0833. The van der Waals surface area contributed by atoms with Gasteiger partial charge in [-0.05, 0) is 20.8 Å². The van der Waals surface area contributed by atoms with Crippen molar-refractivity contribution in [2.24, 2.45) is 0 Å². The Morgan fingerprint density at radius 1 is 1.10 bits per heavy atom. The molecule has 0 radical (unpaired) electrons. The van der Waals surface area contributed by atoms with Crippen LogP contribution in [0.5, 0.6) is 0 Å². The van der Waals surface area contributed by atoms with Gasteiger partial charge < -0.3 is 9.05 Å². The van der Waals surface area contributed by atoms with Crippen LogP contribution in [-0.2, 0) is 15.6 Å². The minimum Gasteiger partial charge on any atom is -0.361 e. The molecule has 2 heterocycles. The highest BCUT2D eigenvalue weighted by Gasteiger charge is 2.30. The number of nitrogens with zero attached hydrogens (tertiary/aromatic N) is 3. The molecular weight excluding hydrogens is 294 g/mol. The van der Waals surface area contributed by atoms with Gasteiger partial charge in [0.05, 0.1) is 11.4 Å². The van der Waals surface area contributed by atoms with Crippen molar-refractivity contribution in [1.82, 2.24) is 15.3 Å². The molecule has 21 heavy (non-hydrogen) atoms. The van der Waals surface area contributed by atoms with Gasteiger partial charge in [0.1, 0.15) is 11.0 Å². The number of hydrogen-bond donors (Lipinski definition) is 0. The van der Waals surface area contributed by atoms with Gasteiger partial charge in [0.25, 0.3) is 0 Å². The lowest BCUT2D eigenvalue weighted by molar-refractivity contribution is 0.369. The molecular formula is C13H19N3O4S. The van der Waals surface area contributed by atoms with Crippen molar-refractivity contribution in [3.63, 3.8) is 0 Å². The van der Waals surface area contributed by atoms with E-state index in [0.29, 0.717) is 22.8 Å². The molecule has 0 amide bonds. The van der Waals surface area contributed by atoms with Crippen molar-refractivity contribution in [1.29, 1.82) is 0 Å². The van der Waals surface area contributed by atoms with E-state index in [1.165, 1.54) is 0 Å². The van der Waals surface area contributed by atoms with Crippen LogP contribution in [0.25, 0.3) is 0 Å². The molecule has 1 unspecified atom stereocenters. The Kier molecular flexibility index (Phi) is 4.18. The molecule has 116 valence electrons. The Hall–Kier alpha value is -1.70. The number of hydrogen-bond acceptors (Lipinski definition) is 7. The highest BCUT2D eigenvalue weighted by Crippen LogP contribution is 2.27. The van der Waals surface area contributed by atoms with Crippen LogP contribution in [0.2, 0.25) is 0 Å². The van der Waals surface area contributed by atoms with Gasteiger partial charge in [0.2, 0.25) is 5.89 Å². The topological polar surface area (TPSA) is 99.1 Å². The Morgan fingerprint density at radius 3 is 2.24 bits per heavy atom. The Balaban J connectivity index is 2.26. The van der Waals surface area contributed by atoms with E-state index in [9.17, 15) is 8.42 Å². The summed E-state index contributed by atoms with van der Waals surface area (Å²) in [7, 11) is -3.49. The van der Waals surface area contributed by atoms with Crippen LogP contribution in [0.15, 0.2) is 9.05 Å². The molecule has 7 nitrogen and oxygen atoms in total. The molecule has 0 fully saturated rings. The summed E-state index contributed by atoms with van der Waals surface area (Å²) in [5.74, 6) is 1.06. The molecule has 1 atom stereocenters. The largest absolute Gasteiger partial charge is 0.361 e. The predicted molar refractivity (Wildman–Crippen MR) is 75.4 cm³/mol. The molecule has 0 aromatic carbocycles. The maximum atomic E-state index is 12.5. The normalized spacial score (nSPS) is 13.8. The van der Waals surface area contributed by atoms with Crippen LogP contribution >= 0.6 is 0 Å². The Labute approximate surface area is 123 Å². The third-order valence-electron chi connectivity index (χ3n) is 3.39. The highest BCUT2D eigenvalue weighted by atomic mass is 32.2. The lowest BCUT2D eigenvalue weighted by Gasteiger charge is -2.08. The van der Waals surface area contributed by atoms with Crippen LogP contribution in [-0.4, -0.2) is 23.7 Å². The second kappa shape index (κ2) is 5.59. The van der Waals surface area contributed by atoms with E-state index in [2.05, 4.69) is 15.3 Å². The smallest absolute Gasteiger partial charge is 0.244 e. The van der Waals surface area contributed by atoms with Gasteiger partial charge in [0.15, 0.2) is 15.7 Å². The number of rotatable bonds is 5. The van der Waals surface area contributed by atoms with E-state index in [0.717, 1.165) is 0 Å². The first kappa shape index (κ1) is 15.7. The zero-order chi connectivity index (χ0) is 15.8. The maximum absolute atomic E-state index is 12.5. The van der Waals surface area contributed by atoms with Gasteiger partial charge in [-0.1, -0.05) is 24.2 Å². The molecule has 0 bridgehead atoms. The summed E-state index contributed by atoms with van der Waals surface area (Å²) in [6, 6.07) is 0. The van der Waals surface area contributed by atoms with E-state index in [4.69, 9.17) is 9.05 Å². The van der Waals surface area contributed by atoms with Gasteiger partial charge in [-0.3, -0.25) is 0 Å². The summed E-state index contributed by atoms with van der Waals surface area (Å²) in [4.78, 5) is 4.15. The fourth-order valence-corrected chi connectivity index (χ4v) is 3.30.